The quantitative estimate of drug-likeness (QED) is 0.798. The van der Waals surface area contributed by atoms with Crippen LogP contribution in [0.25, 0.3) is 0 Å². The largest absolute Gasteiger partial charge is 0.329 e. The summed E-state index contributed by atoms with van der Waals surface area (Å²) in [4.78, 5) is 0. The molecular weight excluding hydrogens is 272 g/mol. The van der Waals surface area contributed by atoms with E-state index in [0.29, 0.717) is 19.5 Å². The summed E-state index contributed by atoms with van der Waals surface area (Å²) in [6.07, 6.45) is 1.32. The Morgan fingerprint density at radius 3 is 2.30 bits per heavy atom. The zero-order valence-electron chi connectivity index (χ0n) is 12.7. The monoisotopic (exact) mass is 298 g/mol. The molecule has 0 fully saturated rings. The van der Waals surface area contributed by atoms with Gasteiger partial charge in [-0.25, -0.2) is 8.42 Å². The van der Waals surface area contributed by atoms with Gasteiger partial charge >= 0.3 is 0 Å². The lowest BCUT2D eigenvalue weighted by atomic mass is 10.1. The molecule has 0 aliphatic heterocycles. The van der Waals surface area contributed by atoms with Crippen LogP contribution in [0.2, 0.25) is 0 Å². The molecule has 0 saturated carbocycles. The van der Waals surface area contributed by atoms with Crippen LogP contribution in [-0.2, 0) is 16.4 Å². The van der Waals surface area contributed by atoms with Crippen molar-refractivity contribution >= 4 is 10.0 Å². The van der Waals surface area contributed by atoms with Crippen molar-refractivity contribution in [2.24, 2.45) is 5.73 Å². The Labute approximate surface area is 123 Å². The number of aryl methyl sites for hydroxylation is 1. The number of rotatable bonds is 8. The van der Waals surface area contributed by atoms with E-state index in [4.69, 9.17) is 5.73 Å². The van der Waals surface area contributed by atoms with Crippen LogP contribution in [0.3, 0.4) is 0 Å². The summed E-state index contributed by atoms with van der Waals surface area (Å²) < 4.78 is 26.7. The van der Waals surface area contributed by atoms with Gasteiger partial charge in [-0.1, -0.05) is 37.3 Å². The van der Waals surface area contributed by atoms with Gasteiger partial charge in [0.25, 0.3) is 0 Å². The SMILES string of the molecule is CCCN(C(C)(C)CN)S(=O)(=O)CCc1ccccc1. The second-order valence-corrected chi connectivity index (χ2v) is 7.65. The highest BCUT2D eigenvalue weighted by Gasteiger charge is 2.34. The second kappa shape index (κ2) is 7.20. The molecule has 1 aromatic carbocycles. The van der Waals surface area contributed by atoms with E-state index in [1.165, 1.54) is 0 Å². The van der Waals surface area contributed by atoms with Crippen LogP contribution in [0.4, 0.5) is 0 Å². The first-order chi connectivity index (χ1) is 9.33. The van der Waals surface area contributed by atoms with Gasteiger partial charge in [-0.15, -0.1) is 0 Å². The molecule has 0 aromatic heterocycles. The van der Waals surface area contributed by atoms with Gasteiger partial charge < -0.3 is 5.73 Å². The van der Waals surface area contributed by atoms with Crippen LogP contribution >= 0.6 is 0 Å². The predicted molar refractivity (Wildman–Crippen MR) is 84.1 cm³/mol. The van der Waals surface area contributed by atoms with E-state index in [-0.39, 0.29) is 5.75 Å². The maximum Gasteiger partial charge on any atom is 0.214 e. The first-order valence-corrected chi connectivity index (χ1v) is 8.69. The van der Waals surface area contributed by atoms with Crippen LogP contribution in [0.5, 0.6) is 0 Å². The van der Waals surface area contributed by atoms with Gasteiger partial charge in [-0.05, 0) is 32.3 Å². The van der Waals surface area contributed by atoms with Gasteiger partial charge in [0.05, 0.1) is 5.75 Å². The number of sulfonamides is 1. The molecule has 20 heavy (non-hydrogen) atoms. The molecule has 0 aliphatic rings. The Bertz CT molecular complexity index is 498. The van der Waals surface area contributed by atoms with Gasteiger partial charge in [0.15, 0.2) is 0 Å². The highest BCUT2D eigenvalue weighted by molar-refractivity contribution is 7.89. The zero-order valence-corrected chi connectivity index (χ0v) is 13.5. The Balaban J connectivity index is 2.83. The van der Waals surface area contributed by atoms with Crippen LogP contribution in [-0.4, -0.2) is 37.1 Å². The molecule has 2 N–H and O–H groups in total. The van der Waals surface area contributed by atoms with E-state index in [9.17, 15) is 8.42 Å². The van der Waals surface area contributed by atoms with Crippen LogP contribution in [0, 0.1) is 0 Å². The maximum absolute atomic E-state index is 12.6. The molecule has 0 heterocycles. The summed E-state index contributed by atoms with van der Waals surface area (Å²) in [5, 5.41) is 0. The van der Waals surface area contributed by atoms with Crippen molar-refractivity contribution in [2.45, 2.75) is 39.2 Å². The van der Waals surface area contributed by atoms with Crippen LogP contribution < -0.4 is 5.73 Å². The average molecular weight is 298 g/mol. The Morgan fingerprint density at radius 2 is 1.80 bits per heavy atom. The lowest BCUT2D eigenvalue weighted by molar-refractivity contribution is 0.235. The third kappa shape index (κ3) is 4.58. The van der Waals surface area contributed by atoms with Gasteiger partial charge in [0.2, 0.25) is 10.0 Å². The average Bonchev–Trinajstić information content (AvgIpc) is 2.43. The summed E-state index contributed by atoms with van der Waals surface area (Å²) in [7, 11) is -3.30. The van der Waals surface area contributed by atoms with Crippen molar-refractivity contribution in [3.63, 3.8) is 0 Å². The number of hydrogen-bond acceptors (Lipinski definition) is 3. The first kappa shape index (κ1) is 17.1. The minimum Gasteiger partial charge on any atom is -0.329 e. The summed E-state index contributed by atoms with van der Waals surface area (Å²) in [6, 6.07) is 9.69. The summed E-state index contributed by atoms with van der Waals surface area (Å²) in [5.41, 5.74) is 6.24. The highest BCUT2D eigenvalue weighted by atomic mass is 32.2. The fraction of sp³-hybridized carbons (Fsp3) is 0.600. The number of benzene rings is 1. The minimum atomic E-state index is -3.30. The Morgan fingerprint density at radius 1 is 1.20 bits per heavy atom. The van der Waals surface area contributed by atoms with Crippen LogP contribution in [0.1, 0.15) is 32.8 Å². The van der Waals surface area contributed by atoms with E-state index in [0.717, 1.165) is 12.0 Å². The van der Waals surface area contributed by atoms with Crippen molar-refractivity contribution in [3.05, 3.63) is 35.9 Å². The van der Waals surface area contributed by atoms with Crippen molar-refractivity contribution in [3.8, 4) is 0 Å². The molecule has 0 unspecified atom stereocenters. The molecule has 0 atom stereocenters. The molecule has 1 rings (SSSR count). The molecule has 0 spiro atoms. The second-order valence-electron chi connectivity index (χ2n) is 5.64. The minimum absolute atomic E-state index is 0.125. The molecule has 0 radical (unpaired) electrons. The predicted octanol–water partition coefficient (Wildman–Crippen LogP) is 2.01. The van der Waals surface area contributed by atoms with Crippen molar-refractivity contribution in [1.29, 1.82) is 0 Å². The van der Waals surface area contributed by atoms with Crippen molar-refractivity contribution < 1.29 is 8.42 Å². The lowest BCUT2D eigenvalue weighted by Crippen LogP contribution is -2.53. The molecule has 0 aliphatic carbocycles. The molecule has 1 aromatic rings. The lowest BCUT2D eigenvalue weighted by Gasteiger charge is -2.36. The zero-order chi connectivity index (χ0) is 15.2. The molecule has 5 heteroatoms. The first-order valence-electron chi connectivity index (χ1n) is 7.08. The molecule has 114 valence electrons. The fourth-order valence-corrected chi connectivity index (χ4v) is 4.13. The molecular formula is C15H26N2O2S. The van der Waals surface area contributed by atoms with Gasteiger partial charge in [-0.3, -0.25) is 0 Å². The van der Waals surface area contributed by atoms with Crippen molar-refractivity contribution in [1.82, 2.24) is 4.31 Å². The van der Waals surface area contributed by atoms with Gasteiger partial charge in [-0.2, -0.15) is 4.31 Å². The fourth-order valence-electron chi connectivity index (χ4n) is 2.12. The summed E-state index contributed by atoms with van der Waals surface area (Å²) in [6.45, 7) is 6.57. The van der Waals surface area contributed by atoms with E-state index in [1.807, 2.05) is 51.1 Å². The topological polar surface area (TPSA) is 63.4 Å². The molecule has 0 bridgehead atoms. The number of nitrogens with zero attached hydrogens (tertiary/aromatic N) is 1. The Hall–Kier alpha value is -0.910. The van der Waals surface area contributed by atoms with Crippen molar-refractivity contribution in [2.75, 3.05) is 18.8 Å². The Kier molecular flexibility index (Phi) is 6.17. The normalized spacial score (nSPS) is 12.8. The molecule has 0 saturated heterocycles. The number of hydrogen-bond donors (Lipinski definition) is 1. The highest BCUT2D eigenvalue weighted by Crippen LogP contribution is 2.19. The summed E-state index contributed by atoms with van der Waals surface area (Å²) in [5.74, 6) is 0.125. The number of nitrogens with two attached hydrogens (primary N) is 1. The maximum atomic E-state index is 12.6. The standard InChI is InChI=1S/C15H26N2O2S/c1-4-11-17(15(2,3)13-16)20(18,19)12-10-14-8-6-5-7-9-14/h5-9H,4,10-13,16H2,1-3H3. The van der Waals surface area contributed by atoms with E-state index >= 15 is 0 Å². The van der Waals surface area contributed by atoms with Gasteiger partial charge in [0.1, 0.15) is 0 Å². The van der Waals surface area contributed by atoms with E-state index < -0.39 is 15.6 Å². The smallest absolute Gasteiger partial charge is 0.214 e. The molecule has 4 nitrogen and oxygen atoms in total. The molecule has 0 amide bonds. The third-order valence-electron chi connectivity index (χ3n) is 3.43. The van der Waals surface area contributed by atoms with E-state index in [2.05, 4.69) is 0 Å². The van der Waals surface area contributed by atoms with Crippen LogP contribution in [0.15, 0.2) is 30.3 Å². The van der Waals surface area contributed by atoms with E-state index in [1.54, 1.807) is 4.31 Å². The third-order valence-corrected chi connectivity index (χ3v) is 5.50. The van der Waals surface area contributed by atoms with Gasteiger partial charge in [0, 0.05) is 18.6 Å². The summed E-state index contributed by atoms with van der Waals surface area (Å²) >= 11 is 0.